The van der Waals surface area contributed by atoms with Crippen molar-refractivity contribution < 1.29 is 0 Å². The molecule has 0 heterocycles. The smallest absolute Gasteiger partial charge is 0.0714 e. The van der Waals surface area contributed by atoms with Crippen LogP contribution in [0, 0.1) is 20.8 Å². The maximum Gasteiger partial charge on any atom is 0.0714 e. The predicted molar refractivity (Wildman–Crippen MR) is 580 cm³/mol. The summed E-state index contributed by atoms with van der Waals surface area (Å²) in [5, 5.41) is 15.2. The van der Waals surface area contributed by atoms with E-state index in [1.165, 1.54) is 193 Å². The van der Waals surface area contributed by atoms with Gasteiger partial charge in [-0.05, 0) is 276 Å². The van der Waals surface area contributed by atoms with Gasteiger partial charge in [0.15, 0.2) is 0 Å². The first-order chi connectivity index (χ1) is 65.5. The number of hydrogen-bond donors (Lipinski definition) is 0. The van der Waals surface area contributed by atoms with E-state index in [-0.39, 0.29) is 20.3 Å². The second-order valence-electron chi connectivity index (χ2n) is 36.0. The van der Waals surface area contributed by atoms with Crippen LogP contribution in [0.15, 0.2) is 488 Å². The number of rotatable bonds is 14. The lowest BCUT2D eigenvalue weighted by atomic mass is 9.67. The van der Waals surface area contributed by atoms with Crippen LogP contribution in [0.2, 0.25) is 0 Å². The molecule has 4 heteroatoms. The first-order valence-corrected chi connectivity index (χ1v) is 47.7. The number of benzene rings is 23. The van der Waals surface area contributed by atoms with Crippen LogP contribution < -0.4 is 9.80 Å². The van der Waals surface area contributed by atoms with E-state index in [4.69, 9.17) is 0 Å². The fourth-order valence-electron chi connectivity index (χ4n) is 23.1. The minimum absolute atomic E-state index is 0. The molecule has 646 valence electrons. The molecule has 0 spiro atoms. The average molecular weight is 1860 g/mol. The van der Waals surface area contributed by atoms with E-state index < -0.39 is 10.8 Å². The Bertz CT molecular complexity index is 7940. The summed E-state index contributed by atoms with van der Waals surface area (Å²) >= 11 is 7.30. The van der Waals surface area contributed by atoms with Gasteiger partial charge in [0.25, 0.3) is 0 Å². The Morgan fingerprint density at radius 1 is 0.200 bits per heavy atom. The van der Waals surface area contributed by atoms with Gasteiger partial charge in [0.1, 0.15) is 0 Å². The zero-order chi connectivity index (χ0) is 89.0. The summed E-state index contributed by atoms with van der Waals surface area (Å²) < 4.78 is 2.31. The molecule has 0 saturated heterocycles. The second kappa shape index (κ2) is 34.7. The van der Waals surface area contributed by atoms with Gasteiger partial charge in [-0.15, -0.1) is 0 Å². The minimum atomic E-state index is -0.543. The number of aryl methyl sites for hydroxylation is 3. The molecule has 26 rings (SSSR count). The van der Waals surface area contributed by atoms with E-state index in [0.717, 1.165) is 49.5 Å². The minimum Gasteiger partial charge on any atom is -0.310 e. The Hall–Kier alpha value is -15.3. The van der Waals surface area contributed by atoms with Crippen molar-refractivity contribution in [1.29, 1.82) is 0 Å². The molecule has 3 aliphatic rings. The molecule has 3 aliphatic carbocycles. The van der Waals surface area contributed by atoms with Crippen LogP contribution in [0.5, 0.6) is 0 Å². The monoisotopic (exact) mass is 1860 g/mol. The molecule has 0 atom stereocenters. The highest BCUT2D eigenvalue weighted by molar-refractivity contribution is 9.11. The summed E-state index contributed by atoms with van der Waals surface area (Å²) in [6.45, 7) is 6.56. The lowest BCUT2D eigenvalue weighted by molar-refractivity contribution is 0.766. The van der Waals surface area contributed by atoms with Gasteiger partial charge < -0.3 is 9.80 Å². The number of anilines is 6. The molecule has 2 nitrogen and oxygen atoms in total. The van der Waals surface area contributed by atoms with E-state index in [1.54, 1.807) is 0 Å². The fraction of sp³-hybridized carbons (Fsp3) is 0.0687. The average Bonchev–Trinajstić information content (AvgIpc) is 1.55. The van der Waals surface area contributed by atoms with Crippen LogP contribution in [0.4, 0.5) is 34.1 Å². The van der Waals surface area contributed by atoms with Gasteiger partial charge in [0.05, 0.1) is 27.6 Å². The molecule has 0 radical (unpaired) electrons. The molecular weight excluding hydrogens is 1760 g/mol. The molecule has 0 saturated carbocycles. The Morgan fingerprint density at radius 3 is 0.778 bits per heavy atom. The summed E-state index contributed by atoms with van der Waals surface area (Å²) in [5.41, 5.74) is 35.0. The maximum absolute atomic E-state index is 3.65. The van der Waals surface area contributed by atoms with Gasteiger partial charge in [-0.3, -0.25) is 0 Å². The highest BCUT2D eigenvalue weighted by atomic mass is 79.9. The SMILES string of the molecule is Brc1ccc2ccc3c(Br)ccc4ccc1c2c43.C.C.Cc1cccc(Cc2cccc(C3(c4ccccc4)c4ccccc4-c4ccccc43)c2)c1.Cc1cccc(N(c2cccc(C3(c4ccccc4)c4ccccc4-c4ccccc43)c2)c2ccc3ccc4c(N(c5cccc(C)c5)c5cccc(C6(c7ccccc7)c7ccccc7-c7ccccc76)c5)ccc5ccc2c3c54)c1. The molecule has 0 fully saturated rings. The molecule has 0 N–H and O–H groups in total. The van der Waals surface area contributed by atoms with Gasteiger partial charge >= 0.3 is 0 Å². The van der Waals surface area contributed by atoms with Crippen molar-refractivity contribution in [3.63, 3.8) is 0 Å². The Morgan fingerprint density at radius 2 is 0.444 bits per heavy atom. The van der Waals surface area contributed by atoms with E-state index in [9.17, 15) is 0 Å². The van der Waals surface area contributed by atoms with Crippen LogP contribution in [-0.2, 0) is 22.7 Å². The molecule has 0 bridgehead atoms. The van der Waals surface area contributed by atoms with Crippen molar-refractivity contribution in [2.24, 2.45) is 0 Å². The third kappa shape index (κ3) is 13.8. The van der Waals surface area contributed by atoms with Crippen molar-refractivity contribution in [1.82, 2.24) is 0 Å². The molecule has 0 aromatic heterocycles. The summed E-state index contributed by atoms with van der Waals surface area (Å²) in [6, 6.07) is 178. The molecule has 23 aromatic carbocycles. The predicted octanol–water partition coefficient (Wildman–Crippen LogP) is 36.2. The topological polar surface area (TPSA) is 6.48 Å². The van der Waals surface area contributed by atoms with E-state index in [2.05, 4.69) is 542 Å². The third-order valence-electron chi connectivity index (χ3n) is 28.6. The quantitative estimate of drug-likeness (QED) is 0.100. The summed E-state index contributed by atoms with van der Waals surface area (Å²) in [6.07, 6.45) is 0.934. The van der Waals surface area contributed by atoms with Crippen LogP contribution >= 0.6 is 31.9 Å². The third-order valence-corrected chi connectivity index (χ3v) is 30.0. The first kappa shape index (κ1) is 85.2. The molecule has 0 amide bonds. The maximum atomic E-state index is 3.65. The summed E-state index contributed by atoms with van der Waals surface area (Å²) in [7, 11) is 0. The zero-order valence-corrected chi connectivity index (χ0v) is 77.1. The highest BCUT2D eigenvalue weighted by Crippen LogP contribution is 2.61. The van der Waals surface area contributed by atoms with Gasteiger partial charge in [0.2, 0.25) is 0 Å². The van der Waals surface area contributed by atoms with Gasteiger partial charge in [-0.1, -0.05) is 459 Å². The fourth-order valence-corrected chi connectivity index (χ4v) is 24.1. The second-order valence-corrected chi connectivity index (χ2v) is 37.8. The van der Waals surface area contributed by atoms with Crippen LogP contribution in [0.3, 0.4) is 0 Å². The van der Waals surface area contributed by atoms with Crippen molar-refractivity contribution in [3.8, 4) is 33.4 Å². The van der Waals surface area contributed by atoms with Gasteiger partial charge in [-0.2, -0.15) is 0 Å². The van der Waals surface area contributed by atoms with E-state index in [1.807, 2.05) is 0 Å². The van der Waals surface area contributed by atoms with Gasteiger partial charge in [-0.25, -0.2) is 0 Å². The number of hydrogen-bond acceptors (Lipinski definition) is 2. The number of halogens is 2. The lowest BCUT2D eigenvalue weighted by Gasteiger charge is -2.35. The molecule has 0 unspecified atom stereocenters. The first-order valence-electron chi connectivity index (χ1n) is 46.1. The Labute approximate surface area is 808 Å². The largest absolute Gasteiger partial charge is 0.310 e. The molecule has 23 aromatic rings. The standard InChI is InChI=1S/C80H56N2.C33H26.C16H8Br2.2CH4/c1-53-21-17-29-61(49-53)81(63-31-19-27-59(51-63)79(57-23-5-3-6-24-57)71-37-13-9-33-65(71)66-34-10-14-38-72(66)79)75-47-43-55-42-46-70-76(48-44-56-41-45-69(75)77(55)78(56)70)82(62-30-18-22-54(2)50-62)64-32-20-28-60(52-64)80(58-25-7-4-8-26-58)73-39-15-11-35-67(73)68-36-12-16-40-74(68)80;1-24-11-9-12-25(21-24)22-26-13-10-16-28(23-26)33(27-14-3-2-4-15-27)31-19-7-5-17-29(31)30-18-6-8-20-32(30)33;17-13-8-4-10-2-6-12-14(18)7-3-9-1-5-11(13)16(10)15(9)12;;/h3-52H,1-2H3;2-21,23H,22H2,1H3;1-8H;2*1H4. The van der Waals surface area contributed by atoms with Crippen LogP contribution in [0.25, 0.3) is 98.0 Å². The normalized spacial score (nSPS) is 13.0. The molecular formula is C131H98Br2N2. The Balaban J connectivity index is 0.000000162. The van der Waals surface area contributed by atoms with Crippen molar-refractivity contribution in [2.75, 3.05) is 9.80 Å². The lowest BCUT2D eigenvalue weighted by Crippen LogP contribution is -2.28. The zero-order valence-electron chi connectivity index (χ0n) is 74.0. The molecule has 135 heavy (non-hydrogen) atoms. The van der Waals surface area contributed by atoms with Crippen LogP contribution in [0.1, 0.15) is 109 Å². The number of nitrogens with zero attached hydrogens (tertiary/aromatic N) is 2. The van der Waals surface area contributed by atoms with E-state index in [0.29, 0.717) is 0 Å². The van der Waals surface area contributed by atoms with Crippen LogP contribution in [-0.4, -0.2) is 0 Å². The van der Waals surface area contributed by atoms with Crippen molar-refractivity contribution in [3.05, 3.63) is 583 Å². The Kier molecular flexibility index (Phi) is 21.9. The highest BCUT2D eigenvalue weighted by Gasteiger charge is 2.49. The summed E-state index contributed by atoms with van der Waals surface area (Å²) in [5.74, 6) is 0. The molecule has 0 aliphatic heterocycles. The summed E-state index contributed by atoms with van der Waals surface area (Å²) in [4.78, 5) is 5.00. The van der Waals surface area contributed by atoms with E-state index >= 15 is 0 Å². The van der Waals surface area contributed by atoms with Crippen molar-refractivity contribution >= 4 is 131 Å². The number of fused-ring (bicyclic) bond motifs is 9. The van der Waals surface area contributed by atoms with Crippen molar-refractivity contribution in [2.45, 2.75) is 58.3 Å². The van der Waals surface area contributed by atoms with Gasteiger partial charge in [0, 0.05) is 42.5 Å².